The Labute approximate surface area is 151 Å². The van der Waals surface area contributed by atoms with Crippen LogP contribution in [0.25, 0.3) is 0 Å². The summed E-state index contributed by atoms with van der Waals surface area (Å²) in [5.41, 5.74) is 1.30. The number of amides is 1. The number of nitrogens with one attached hydrogen (secondary N) is 1. The van der Waals surface area contributed by atoms with Crippen LogP contribution in [0.2, 0.25) is 0 Å². The van der Waals surface area contributed by atoms with Crippen molar-refractivity contribution in [3.63, 3.8) is 0 Å². The van der Waals surface area contributed by atoms with Gasteiger partial charge in [-0.3, -0.25) is 9.69 Å². The summed E-state index contributed by atoms with van der Waals surface area (Å²) < 4.78 is 42.4. The number of halogens is 3. The van der Waals surface area contributed by atoms with Gasteiger partial charge in [0.25, 0.3) is 5.91 Å². The zero-order valence-electron chi connectivity index (χ0n) is 14.7. The van der Waals surface area contributed by atoms with Gasteiger partial charge < -0.3 is 10.1 Å². The summed E-state index contributed by atoms with van der Waals surface area (Å²) in [6, 6.07) is 7.40. The first-order chi connectivity index (χ1) is 12.4. The van der Waals surface area contributed by atoms with Gasteiger partial charge in [-0.25, -0.2) is 0 Å². The summed E-state index contributed by atoms with van der Waals surface area (Å²) in [5, 5.41) is 1.89. The molecule has 1 atom stereocenters. The van der Waals surface area contributed by atoms with Crippen LogP contribution >= 0.6 is 0 Å². The number of hydrogen-bond acceptors (Lipinski definition) is 3. The number of rotatable bonds is 7. The third-order valence-corrected chi connectivity index (χ3v) is 4.83. The lowest BCUT2D eigenvalue weighted by Crippen LogP contribution is -2.36. The van der Waals surface area contributed by atoms with Gasteiger partial charge in [0.15, 0.2) is 0 Å². The average molecular weight is 370 g/mol. The predicted octanol–water partition coefficient (Wildman–Crippen LogP) is 3.51. The largest absolute Gasteiger partial charge is 0.405 e. The second-order valence-electron chi connectivity index (χ2n) is 7.14. The number of nitrogens with zero attached hydrogens (tertiary/aromatic N) is 1. The molecule has 1 saturated heterocycles. The molecule has 0 spiro atoms. The SMILES string of the molecule is O=C(NCC(F)(F)F)c1ccc(CN(CC2CCCCO2)C2CC2)cc1. The van der Waals surface area contributed by atoms with Gasteiger partial charge in [0.05, 0.1) is 6.10 Å². The first-order valence-corrected chi connectivity index (χ1v) is 9.20. The number of hydrogen-bond donors (Lipinski definition) is 1. The van der Waals surface area contributed by atoms with Gasteiger partial charge >= 0.3 is 6.18 Å². The zero-order valence-corrected chi connectivity index (χ0v) is 14.7. The monoisotopic (exact) mass is 370 g/mol. The van der Waals surface area contributed by atoms with Gasteiger partial charge in [0, 0.05) is 31.3 Å². The fraction of sp³-hybridized carbons (Fsp3) is 0.632. The number of ether oxygens (including phenoxy) is 1. The molecule has 0 aromatic heterocycles. The Morgan fingerprint density at radius 2 is 1.88 bits per heavy atom. The molecule has 1 unspecified atom stereocenters. The smallest absolute Gasteiger partial charge is 0.377 e. The Bertz CT molecular complexity index is 594. The molecule has 2 fully saturated rings. The first-order valence-electron chi connectivity index (χ1n) is 9.20. The Kier molecular flexibility index (Phi) is 6.19. The van der Waals surface area contributed by atoms with E-state index in [2.05, 4.69) is 4.90 Å². The third-order valence-electron chi connectivity index (χ3n) is 4.83. The van der Waals surface area contributed by atoms with Crippen molar-refractivity contribution < 1.29 is 22.7 Å². The lowest BCUT2D eigenvalue weighted by atomic mass is 10.1. The summed E-state index contributed by atoms with van der Waals surface area (Å²) in [4.78, 5) is 14.2. The van der Waals surface area contributed by atoms with Crippen molar-refractivity contribution in [2.75, 3.05) is 19.7 Å². The van der Waals surface area contributed by atoms with E-state index in [1.165, 1.54) is 19.3 Å². The molecule has 3 rings (SSSR count). The van der Waals surface area contributed by atoms with Gasteiger partial charge in [-0.2, -0.15) is 13.2 Å². The molecular formula is C19H25F3N2O2. The quantitative estimate of drug-likeness (QED) is 0.799. The van der Waals surface area contributed by atoms with Crippen molar-refractivity contribution in [2.45, 2.75) is 57.0 Å². The predicted molar refractivity (Wildman–Crippen MR) is 91.9 cm³/mol. The van der Waals surface area contributed by atoms with Crippen LogP contribution < -0.4 is 5.32 Å². The number of benzene rings is 1. The molecule has 1 aliphatic heterocycles. The summed E-state index contributed by atoms with van der Waals surface area (Å²) in [5.74, 6) is -0.705. The molecule has 7 heteroatoms. The van der Waals surface area contributed by atoms with E-state index >= 15 is 0 Å². The van der Waals surface area contributed by atoms with Crippen molar-refractivity contribution in [3.05, 3.63) is 35.4 Å². The Morgan fingerprint density at radius 3 is 2.46 bits per heavy atom. The van der Waals surface area contributed by atoms with E-state index < -0.39 is 18.6 Å². The minimum absolute atomic E-state index is 0.242. The lowest BCUT2D eigenvalue weighted by molar-refractivity contribution is -0.123. The highest BCUT2D eigenvalue weighted by Gasteiger charge is 2.31. The van der Waals surface area contributed by atoms with Crippen LogP contribution in [-0.4, -0.2) is 48.8 Å². The summed E-state index contributed by atoms with van der Waals surface area (Å²) >= 11 is 0. The third kappa shape index (κ3) is 5.99. The first kappa shape index (κ1) is 19.2. The topological polar surface area (TPSA) is 41.6 Å². The molecule has 144 valence electrons. The maximum atomic E-state index is 12.2. The molecule has 1 heterocycles. The zero-order chi connectivity index (χ0) is 18.6. The minimum atomic E-state index is -4.40. The highest BCUT2D eigenvalue weighted by molar-refractivity contribution is 5.94. The molecule has 26 heavy (non-hydrogen) atoms. The molecule has 1 saturated carbocycles. The maximum absolute atomic E-state index is 12.2. The van der Waals surface area contributed by atoms with Crippen LogP contribution in [0.15, 0.2) is 24.3 Å². The summed E-state index contributed by atoms with van der Waals surface area (Å²) in [7, 11) is 0. The van der Waals surface area contributed by atoms with E-state index in [0.29, 0.717) is 6.04 Å². The van der Waals surface area contributed by atoms with Crippen LogP contribution in [0.3, 0.4) is 0 Å². The summed E-state index contributed by atoms with van der Waals surface area (Å²) in [6.07, 6.45) is 1.73. The molecule has 0 radical (unpaired) electrons. The van der Waals surface area contributed by atoms with Crippen LogP contribution in [0.4, 0.5) is 13.2 Å². The van der Waals surface area contributed by atoms with Crippen LogP contribution in [0.1, 0.15) is 48.0 Å². The highest BCUT2D eigenvalue weighted by atomic mass is 19.4. The second-order valence-corrected chi connectivity index (χ2v) is 7.14. The van der Waals surface area contributed by atoms with E-state index in [1.807, 2.05) is 17.4 Å². The lowest BCUT2D eigenvalue weighted by Gasteiger charge is -2.30. The molecule has 1 N–H and O–H groups in total. The number of carbonyl (C=O) groups excluding carboxylic acids is 1. The molecule has 1 aliphatic carbocycles. The number of alkyl halides is 3. The molecule has 0 bridgehead atoms. The molecule has 1 aromatic carbocycles. The van der Waals surface area contributed by atoms with Gasteiger partial charge in [-0.15, -0.1) is 0 Å². The van der Waals surface area contributed by atoms with Crippen molar-refractivity contribution in [3.8, 4) is 0 Å². The van der Waals surface area contributed by atoms with E-state index in [9.17, 15) is 18.0 Å². The van der Waals surface area contributed by atoms with E-state index in [4.69, 9.17) is 4.74 Å². The maximum Gasteiger partial charge on any atom is 0.405 e. The Balaban J connectivity index is 1.54. The van der Waals surface area contributed by atoms with E-state index in [-0.39, 0.29) is 11.7 Å². The van der Waals surface area contributed by atoms with E-state index in [1.54, 1.807) is 12.1 Å². The highest BCUT2D eigenvalue weighted by Crippen LogP contribution is 2.29. The van der Waals surface area contributed by atoms with Crippen LogP contribution in [0.5, 0.6) is 0 Å². The number of carbonyl (C=O) groups is 1. The van der Waals surface area contributed by atoms with Gasteiger partial charge in [0.2, 0.25) is 0 Å². The molecule has 2 aliphatic rings. The normalized spacial score (nSPS) is 21.0. The minimum Gasteiger partial charge on any atom is -0.377 e. The van der Waals surface area contributed by atoms with Gasteiger partial charge in [-0.05, 0) is 49.8 Å². The van der Waals surface area contributed by atoms with Gasteiger partial charge in [0.1, 0.15) is 6.54 Å². The molecule has 1 amide bonds. The second kappa shape index (κ2) is 8.39. The van der Waals surface area contributed by atoms with Crippen LogP contribution in [-0.2, 0) is 11.3 Å². The molecule has 4 nitrogen and oxygen atoms in total. The Hall–Kier alpha value is -1.60. The average Bonchev–Trinajstić information content (AvgIpc) is 3.45. The summed E-state index contributed by atoms with van der Waals surface area (Å²) in [6.45, 7) is 1.21. The molecule has 1 aromatic rings. The van der Waals surface area contributed by atoms with Crippen molar-refractivity contribution >= 4 is 5.91 Å². The standard InChI is InChI=1S/C19H25F3N2O2/c20-19(21,22)13-23-18(25)15-6-4-14(5-7-15)11-24(16-8-9-16)12-17-3-1-2-10-26-17/h4-7,16-17H,1-3,8-13H2,(H,23,25). The molecular weight excluding hydrogens is 345 g/mol. The Morgan fingerprint density at radius 1 is 1.15 bits per heavy atom. The fourth-order valence-corrected chi connectivity index (χ4v) is 3.27. The van der Waals surface area contributed by atoms with Crippen molar-refractivity contribution in [1.82, 2.24) is 10.2 Å². The van der Waals surface area contributed by atoms with Crippen molar-refractivity contribution in [2.24, 2.45) is 0 Å². The fourth-order valence-electron chi connectivity index (χ4n) is 3.27. The van der Waals surface area contributed by atoms with Gasteiger partial charge in [-0.1, -0.05) is 12.1 Å². The van der Waals surface area contributed by atoms with E-state index in [0.717, 1.165) is 38.1 Å². The van der Waals surface area contributed by atoms with Crippen LogP contribution in [0, 0.1) is 0 Å². The van der Waals surface area contributed by atoms with Crippen molar-refractivity contribution in [1.29, 1.82) is 0 Å².